The fraction of sp³-hybridized carbons (Fsp3) is 0.308. The fourth-order valence-corrected chi connectivity index (χ4v) is 2.96. The summed E-state index contributed by atoms with van der Waals surface area (Å²) in [6, 6.07) is 8.02. The van der Waals surface area contributed by atoms with E-state index in [1.54, 1.807) is 0 Å². The van der Waals surface area contributed by atoms with Crippen LogP contribution in [0.1, 0.15) is 12.8 Å². The van der Waals surface area contributed by atoms with Crippen molar-refractivity contribution in [1.29, 1.82) is 0 Å². The van der Waals surface area contributed by atoms with Crippen molar-refractivity contribution in [3.05, 3.63) is 28.7 Å². The summed E-state index contributed by atoms with van der Waals surface area (Å²) in [5, 5.41) is 11.6. The molecule has 3 rings (SSSR count). The van der Waals surface area contributed by atoms with Gasteiger partial charge in [0.15, 0.2) is 5.82 Å². The minimum Gasteiger partial charge on any atom is -0.353 e. The number of amides is 1. The molecule has 0 atom stereocenters. The molecule has 1 aromatic carbocycles. The van der Waals surface area contributed by atoms with Crippen LogP contribution in [0.2, 0.25) is 0 Å². The highest BCUT2D eigenvalue weighted by atomic mass is 79.9. The maximum Gasteiger partial charge on any atom is 0.230 e. The van der Waals surface area contributed by atoms with Crippen LogP contribution in [0.25, 0.3) is 11.4 Å². The lowest BCUT2D eigenvalue weighted by Crippen LogP contribution is -2.27. The molecule has 1 heterocycles. The van der Waals surface area contributed by atoms with Crippen molar-refractivity contribution in [3.8, 4) is 11.4 Å². The largest absolute Gasteiger partial charge is 0.353 e. The smallest absolute Gasteiger partial charge is 0.230 e. The van der Waals surface area contributed by atoms with E-state index in [1.807, 2.05) is 24.3 Å². The summed E-state index contributed by atoms with van der Waals surface area (Å²) in [7, 11) is 0. The number of benzene rings is 1. The van der Waals surface area contributed by atoms with Crippen LogP contribution in [0.4, 0.5) is 0 Å². The third-order valence-corrected chi connectivity index (χ3v) is 4.69. The predicted octanol–water partition coefficient (Wildman–Crippen LogP) is 1.79. The van der Waals surface area contributed by atoms with Crippen molar-refractivity contribution >= 4 is 33.6 Å². The van der Waals surface area contributed by atoms with Gasteiger partial charge in [0, 0.05) is 16.1 Å². The highest BCUT2D eigenvalue weighted by molar-refractivity contribution is 9.10. The second kappa shape index (κ2) is 6.07. The van der Waals surface area contributed by atoms with Crippen LogP contribution in [0.15, 0.2) is 33.9 Å². The molecule has 8 heteroatoms. The average molecular weight is 368 g/mol. The normalized spacial score (nSPS) is 14.1. The standard InChI is InChI=1S/C13H14BrN5OS/c14-10-4-2-1-3-9(10)12-17-18-13(19(12)15)21-7-11(20)16-8-5-6-8/h1-4,8H,5-7,15H2,(H,16,20). The molecule has 21 heavy (non-hydrogen) atoms. The molecule has 1 aliphatic carbocycles. The van der Waals surface area contributed by atoms with Crippen LogP contribution in [-0.4, -0.2) is 32.6 Å². The van der Waals surface area contributed by atoms with Gasteiger partial charge in [-0.1, -0.05) is 39.8 Å². The Hall–Kier alpha value is -1.54. The Morgan fingerprint density at radius 3 is 2.90 bits per heavy atom. The molecule has 0 spiro atoms. The fourth-order valence-electron chi connectivity index (χ4n) is 1.83. The Labute approximate surface area is 134 Å². The highest BCUT2D eigenvalue weighted by Gasteiger charge is 2.23. The number of aromatic nitrogens is 3. The number of nitrogens with one attached hydrogen (secondary N) is 1. The highest BCUT2D eigenvalue weighted by Crippen LogP contribution is 2.28. The molecule has 0 unspecified atom stereocenters. The molecule has 0 saturated heterocycles. The van der Waals surface area contributed by atoms with Gasteiger partial charge in [0.25, 0.3) is 0 Å². The lowest BCUT2D eigenvalue weighted by molar-refractivity contribution is -0.118. The minimum absolute atomic E-state index is 0.00735. The number of carbonyl (C=O) groups excluding carboxylic acids is 1. The van der Waals surface area contributed by atoms with E-state index in [0.717, 1.165) is 22.9 Å². The van der Waals surface area contributed by atoms with E-state index in [9.17, 15) is 4.79 Å². The van der Waals surface area contributed by atoms with Crippen molar-refractivity contribution in [3.63, 3.8) is 0 Å². The van der Waals surface area contributed by atoms with E-state index in [0.29, 0.717) is 22.8 Å². The first-order valence-corrected chi connectivity index (χ1v) is 8.30. The average Bonchev–Trinajstić information content (AvgIpc) is 3.20. The molecule has 0 bridgehead atoms. The Bertz CT molecular complexity index is 670. The number of thioether (sulfide) groups is 1. The van der Waals surface area contributed by atoms with Crippen molar-refractivity contribution in [2.75, 3.05) is 11.6 Å². The monoisotopic (exact) mass is 367 g/mol. The van der Waals surface area contributed by atoms with Crippen LogP contribution in [0.5, 0.6) is 0 Å². The molecular weight excluding hydrogens is 354 g/mol. The Balaban J connectivity index is 1.70. The summed E-state index contributed by atoms with van der Waals surface area (Å²) in [5.41, 5.74) is 0.863. The van der Waals surface area contributed by atoms with Crippen molar-refractivity contribution in [1.82, 2.24) is 20.2 Å². The zero-order chi connectivity index (χ0) is 14.8. The lowest BCUT2D eigenvalue weighted by atomic mass is 10.2. The van der Waals surface area contributed by atoms with E-state index in [-0.39, 0.29) is 5.91 Å². The zero-order valence-electron chi connectivity index (χ0n) is 11.1. The molecule has 1 aromatic heterocycles. The molecule has 110 valence electrons. The van der Waals surface area contributed by atoms with Crippen molar-refractivity contribution in [2.45, 2.75) is 24.0 Å². The SMILES string of the molecule is Nn1c(SCC(=O)NC2CC2)nnc1-c1ccccc1Br. The molecular formula is C13H14BrN5OS. The van der Waals surface area contributed by atoms with E-state index in [4.69, 9.17) is 5.84 Å². The first-order valence-electron chi connectivity index (χ1n) is 6.52. The Morgan fingerprint density at radius 1 is 1.43 bits per heavy atom. The van der Waals surface area contributed by atoms with Crippen LogP contribution in [0.3, 0.4) is 0 Å². The van der Waals surface area contributed by atoms with Crippen LogP contribution in [-0.2, 0) is 4.79 Å². The third-order valence-electron chi connectivity index (χ3n) is 3.05. The van der Waals surface area contributed by atoms with Gasteiger partial charge in [0.05, 0.1) is 5.75 Å². The maximum atomic E-state index is 11.7. The Morgan fingerprint density at radius 2 is 2.19 bits per heavy atom. The number of rotatable bonds is 5. The number of carbonyl (C=O) groups is 1. The topological polar surface area (TPSA) is 85.8 Å². The van der Waals surface area contributed by atoms with Gasteiger partial charge in [-0.2, -0.15) is 0 Å². The van der Waals surface area contributed by atoms with Gasteiger partial charge < -0.3 is 11.2 Å². The minimum atomic E-state index is 0.00735. The second-order valence-corrected chi connectivity index (χ2v) is 6.58. The maximum absolute atomic E-state index is 11.7. The number of nitrogens with zero attached hydrogens (tertiary/aromatic N) is 3. The van der Waals surface area contributed by atoms with Crippen molar-refractivity contribution in [2.24, 2.45) is 0 Å². The molecule has 6 nitrogen and oxygen atoms in total. The summed E-state index contributed by atoms with van der Waals surface area (Å²) < 4.78 is 2.31. The quantitative estimate of drug-likeness (QED) is 0.621. The lowest BCUT2D eigenvalue weighted by Gasteiger charge is -2.05. The van der Waals surface area contributed by atoms with Crippen LogP contribution < -0.4 is 11.2 Å². The van der Waals surface area contributed by atoms with Gasteiger partial charge in [-0.25, -0.2) is 4.68 Å². The first-order chi connectivity index (χ1) is 10.1. The van der Waals surface area contributed by atoms with Gasteiger partial charge in [0.1, 0.15) is 0 Å². The van der Waals surface area contributed by atoms with Gasteiger partial charge in [-0.15, -0.1) is 10.2 Å². The molecule has 1 aliphatic rings. The van der Waals surface area contributed by atoms with E-state index < -0.39 is 0 Å². The van der Waals surface area contributed by atoms with Gasteiger partial charge in [0.2, 0.25) is 11.1 Å². The molecule has 3 N–H and O–H groups in total. The van der Waals surface area contributed by atoms with Gasteiger partial charge in [-0.05, 0) is 25.0 Å². The molecule has 2 aromatic rings. The summed E-state index contributed by atoms with van der Waals surface area (Å²) in [6.45, 7) is 0. The molecule has 1 fully saturated rings. The van der Waals surface area contributed by atoms with Crippen molar-refractivity contribution < 1.29 is 4.79 Å². The first kappa shape index (κ1) is 14.4. The number of hydrogen-bond acceptors (Lipinski definition) is 5. The number of nitrogen functional groups attached to an aromatic ring is 1. The van der Waals surface area contributed by atoms with Crippen LogP contribution in [0, 0.1) is 0 Å². The predicted molar refractivity (Wildman–Crippen MR) is 85.2 cm³/mol. The molecule has 1 amide bonds. The van der Waals surface area contributed by atoms with E-state index in [1.165, 1.54) is 16.4 Å². The van der Waals surface area contributed by atoms with Gasteiger partial charge in [-0.3, -0.25) is 4.79 Å². The number of hydrogen-bond donors (Lipinski definition) is 2. The number of nitrogens with two attached hydrogens (primary N) is 1. The third kappa shape index (κ3) is 3.38. The molecule has 1 saturated carbocycles. The second-order valence-electron chi connectivity index (χ2n) is 4.79. The summed E-state index contributed by atoms with van der Waals surface area (Å²) in [4.78, 5) is 11.7. The Kier molecular flexibility index (Phi) is 4.16. The van der Waals surface area contributed by atoms with E-state index in [2.05, 4.69) is 31.4 Å². The summed E-state index contributed by atoms with van der Waals surface area (Å²) >= 11 is 4.75. The van der Waals surface area contributed by atoms with Crippen LogP contribution >= 0.6 is 27.7 Å². The van der Waals surface area contributed by atoms with Gasteiger partial charge >= 0.3 is 0 Å². The number of halogens is 1. The molecule has 0 aliphatic heterocycles. The van der Waals surface area contributed by atoms with E-state index >= 15 is 0 Å². The summed E-state index contributed by atoms with van der Waals surface area (Å²) in [6.07, 6.45) is 2.16. The summed E-state index contributed by atoms with van der Waals surface area (Å²) in [5.74, 6) is 6.89. The zero-order valence-corrected chi connectivity index (χ0v) is 13.5. The molecule has 0 radical (unpaired) electrons.